The Bertz CT molecular complexity index is 642. The Morgan fingerprint density at radius 2 is 1.58 bits per heavy atom. The van der Waals surface area contributed by atoms with Gasteiger partial charge in [0, 0.05) is 12.1 Å². The zero-order valence-corrected chi connectivity index (χ0v) is 16.3. The minimum Gasteiger partial charge on any atom is -0.414 e. The molecule has 1 fully saturated rings. The zero-order valence-electron chi connectivity index (χ0n) is 15.3. The molecular formula is C19H27NO3Si. The molecule has 0 N–H and O–H groups in total. The van der Waals surface area contributed by atoms with Gasteiger partial charge in [0.2, 0.25) is 0 Å². The van der Waals surface area contributed by atoms with E-state index in [-0.39, 0.29) is 29.0 Å². The normalized spacial score (nSPS) is 24.6. The third kappa shape index (κ3) is 2.84. The quantitative estimate of drug-likeness (QED) is 0.608. The Kier molecular flexibility index (Phi) is 4.20. The van der Waals surface area contributed by atoms with E-state index in [0.717, 1.165) is 19.3 Å². The number of amides is 2. The van der Waals surface area contributed by atoms with Crippen LogP contribution < -0.4 is 0 Å². The van der Waals surface area contributed by atoms with E-state index >= 15 is 0 Å². The van der Waals surface area contributed by atoms with Crippen molar-refractivity contribution in [1.29, 1.82) is 0 Å². The van der Waals surface area contributed by atoms with Crippen molar-refractivity contribution in [3.63, 3.8) is 0 Å². The van der Waals surface area contributed by atoms with Crippen LogP contribution in [0.3, 0.4) is 0 Å². The van der Waals surface area contributed by atoms with Crippen molar-refractivity contribution in [3.8, 4) is 0 Å². The molecule has 0 aromatic heterocycles. The van der Waals surface area contributed by atoms with Crippen molar-refractivity contribution in [3.05, 3.63) is 35.4 Å². The monoisotopic (exact) mass is 345 g/mol. The van der Waals surface area contributed by atoms with Gasteiger partial charge in [-0.15, -0.1) is 0 Å². The van der Waals surface area contributed by atoms with Crippen molar-refractivity contribution in [2.45, 2.75) is 70.3 Å². The Labute approximate surface area is 145 Å². The Morgan fingerprint density at radius 1 is 1.04 bits per heavy atom. The lowest BCUT2D eigenvalue weighted by Crippen LogP contribution is -2.44. The molecule has 2 unspecified atom stereocenters. The highest BCUT2D eigenvalue weighted by atomic mass is 28.4. The summed E-state index contributed by atoms with van der Waals surface area (Å²) in [6.07, 6.45) is 2.67. The Balaban J connectivity index is 1.71. The summed E-state index contributed by atoms with van der Waals surface area (Å²) < 4.78 is 6.49. The molecule has 1 aliphatic carbocycles. The van der Waals surface area contributed by atoms with Gasteiger partial charge in [-0.3, -0.25) is 14.5 Å². The predicted molar refractivity (Wildman–Crippen MR) is 96.7 cm³/mol. The highest BCUT2D eigenvalue weighted by Crippen LogP contribution is 2.40. The molecule has 0 radical (unpaired) electrons. The van der Waals surface area contributed by atoms with Crippen LogP contribution in [-0.4, -0.2) is 37.2 Å². The van der Waals surface area contributed by atoms with E-state index in [1.54, 1.807) is 12.1 Å². The lowest BCUT2D eigenvalue weighted by atomic mass is 10.1. The van der Waals surface area contributed by atoms with Gasteiger partial charge in [-0.1, -0.05) is 32.9 Å². The highest BCUT2D eigenvalue weighted by Gasteiger charge is 2.45. The molecule has 1 heterocycles. The van der Waals surface area contributed by atoms with E-state index in [4.69, 9.17) is 4.43 Å². The topological polar surface area (TPSA) is 46.6 Å². The summed E-state index contributed by atoms with van der Waals surface area (Å²) in [4.78, 5) is 26.7. The first kappa shape index (κ1) is 17.4. The molecule has 1 saturated carbocycles. The summed E-state index contributed by atoms with van der Waals surface area (Å²) in [5.41, 5.74) is 1.08. The molecule has 2 amide bonds. The Morgan fingerprint density at radius 3 is 2.08 bits per heavy atom. The summed E-state index contributed by atoms with van der Waals surface area (Å²) in [5.74, 6) is -0.290. The first-order chi connectivity index (χ1) is 11.1. The van der Waals surface area contributed by atoms with Crippen LogP contribution in [0.25, 0.3) is 0 Å². The van der Waals surface area contributed by atoms with Gasteiger partial charge in [0.25, 0.3) is 11.8 Å². The van der Waals surface area contributed by atoms with Crippen LogP contribution in [0.2, 0.25) is 18.1 Å². The van der Waals surface area contributed by atoms with Crippen LogP contribution in [0.5, 0.6) is 0 Å². The van der Waals surface area contributed by atoms with E-state index < -0.39 is 8.32 Å². The minimum atomic E-state index is -1.82. The molecule has 3 rings (SSSR count). The van der Waals surface area contributed by atoms with Gasteiger partial charge in [-0.05, 0) is 49.5 Å². The molecule has 5 heteroatoms. The second-order valence-corrected chi connectivity index (χ2v) is 13.2. The van der Waals surface area contributed by atoms with Crippen molar-refractivity contribution in [1.82, 2.24) is 4.90 Å². The fraction of sp³-hybridized carbons (Fsp3) is 0.579. The number of carbonyl (C=O) groups is 2. The molecule has 0 saturated heterocycles. The zero-order chi connectivity index (χ0) is 17.7. The summed E-state index contributed by atoms with van der Waals surface area (Å²) in [7, 11) is -1.82. The van der Waals surface area contributed by atoms with Gasteiger partial charge < -0.3 is 4.43 Å². The number of carbonyl (C=O) groups excluding carboxylic acids is 2. The molecule has 0 bridgehead atoms. The molecule has 0 spiro atoms. The lowest BCUT2D eigenvalue weighted by molar-refractivity contribution is 0.0577. The maximum absolute atomic E-state index is 12.6. The van der Waals surface area contributed by atoms with Crippen molar-refractivity contribution in [2.24, 2.45) is 0 Å². The number of imide groups is 1. The average molecular weight is 346 g/mol. The first-order valence-electron chi connectivity index (χ1n) is 8.76. The van der Waals surface area contributed by atoms with Gasteiger partial charge in [-0.25, -0.2) is 0 Å². The van der Waals surface area contributed by atoms with Crippen LogP contribution in [-0.2, 0) is 4.43 Å². The SMILES string of the molecule is CC(C)(C)[Si](C)(C)OC1CCC(N2C(=O)c3ccccc3C2=O)C1. The minimum absolute atomic E-state index is 0.0350. The van der Waals surface area contributed by atoms with Crippen molar-refractivity contribution >= 4 is 20.1 Å². The number of hydrogen-bond acceptors (Lipinski definition) is 3. The van der Waals surface area contributed by atoms with Crippen LogP contribution in [0.4, 0.5) is 0 Å². The van der Waals surface area contributed by atoms with Gasteiger partial charge in [0.05, 0.1) is 11.1 Å². The largest absolute Gasteiger partial charge is 0.414 e. The van der Waals surface area contributed by atoms with Crippen LogP contribution in [0.15, 0.2) is 24.3 Å². The van der Waals surface area contributed by atoms with E-state index in [1.165, 1.54) is 4.90 Å². The molecule has 1 aliphatic heterocycles. The van der Waals surface area contributed by atoms with Gasteiger partial charge in [0.1, 0.15) is 0 Å². The molecular weight excluding hydrogens is 318 g/mol. The highest BCUT2D eigenvalue weighted by molar-refractivity contribution is 6.74. The fourth-order valence-electron chi connectivity index (χ4n) is 3.39. The smallest absolute Gasteiger partial charge is 0.261 e. The molecule has 1 aromatic rings. The maximum Gasteiger partial charge on any atom is 0.261 e. The van der Waals surface area contributed by atoms with Crippen molar-refractivity contribution in [2.75, 3.05) is 0 Å². The second-order valence-electron chi connectivity index (χ2n) is 8.49. The van der Waals surface area contributed by atoms with E-state index in [9.17, 15) is 9.59 Å². The van der Waals surface area contributed by atoms with Crippen LogP contribution >= 0.6 is 0 Å². The standard InChI is InChI=1S/C19H27NO3Si/c1-19(2,3)24(4,5)23-14-11-10-13(12-14)20-17(21)15-8-6-7-9-16(15)18(20)22/h6-9,13-14H,10-12H2,1-5H3. The number of hydrogen-bond donors (Lipinski definition) is 0. The maximum atomic E-state index is 12.6. The second kappa shape index (κ2) is 5.81. The number of nitrogens with zero attached hydrogens (tertiary/aromatic N) is 1. The average Bonchev–Trinajstić information content (AvgIpc) is 3.02. The lowest BCUT2D eigenvalue weighted by Gasteiger charge is -2.38. The number of benzene rings is 1. The first-order valence-corrected chi connectivity index (χ1v) is 11.7. The molecule has 2 atom stereocenters. The van der Waals surface area contributed by atoms with E-state index in [2.05, 4.69) is 33.9 Å². The molecule has 24 heavy (non-hydrogen) atoms. The van der Waals surface area contributed by atoms with E-state index in [1.807, 2.05) is 12.1 Å². The molecule has 2 aliphatic rings. The van der Waals surface area contributed by atoms with Crippen molar-refractivity contribution < 1.29 is 14.0 Å². The predicted octanol–water partition coefficient (Wildman–Crippen LogP) is 4.23. The Hall–Kier alpha value is -1.46. The molecule has 130 valence electrons. The van der Waals surface area contributed by atoms with Gasteiger partial charge >= 0.3 is 0 Å². The summed E-state index contributed by atoms with van der Waals surface area (Å²) in [6.45, 7) is 11.2. The fourth-order valence-corrected chi connectivity index (χ4v) is 4.79. The van der Waals surface area contributed by atoms with Crippen LogP contribution in [0, 0.1) is 0 Å². The molecule has 1 aromatic carbocycles. The summed E-state index contributed by atoms with van der Waals surface area (Å²) in [5, 5.41) is 0.167. The van der Waals surface area contributed by atoms with Gasteiger partial charge in [-0.2, -0.15) is 0 Å². The summed E-state index contributed by atoms with van der Waals surface area (Å²) >= 11 is 0. The third-order valence-corrected chi connectivity index (χ3v) is 10.3. The molecule has 4 nitrogen and oxygen atoms in total. The van der Waals surface area contributed by atoms with Gasteiger partial charge in [0.15, 0.2) is 8.32 Å². The van der Waals surface area contributed by atoms with E-state index in [0.29, 0.717) is 11.1 Å². The summed E-state index contributed by atoms with van der Waals surface area (Å²) in [6, 6.07) is 7.08. The third-order valence-electron chi connectivity index (χ3n) is 5.81. The number of fused-ring (bicyclic) bond motifs is 1. The number of rotatable bonds is 3. The van der Waals surface area contributed by atoms with Crippen LogP contribution in [0.1, 0.15) is 60.7 Å².